The fraction of sp³-hybridized carbons (Fsp3) is 0.211. The summed E-state index contributed by atoms with van der Waals surface area (Å²) in [4.78, 5) is 38.4. The van der Waals surface area contributed by atoms with Crippen LogP contribution in [0.5, 0.6) is 0 Å². The van der Waals surface area contributed by atoms with Crippen molar-refractivity contribution < 1.29 is 14.4 Å². The summed E-state index contributed by atoms with van der Waals surface area (Å²) in [7, 11) is 0. The maximum Gasteiger partial charge on any atom is 0.258 e. The number of rotatable bonds is 2. The number of anilines is 1. The summed E-state index contributed by atoms with van der Waals surface area (Å²) in [5.41, 5.74) is 2.88. The first kappa shape index (κ1) is 15.9. The van der Waals surface area contributed by atoms with Gasteiger partial charge in [0.05, 0.1) is 11.3 Å². The van der Waals surface area contributed by atoms with Crippen LogP contribution in [0, 0.1) is 6.92 Å². The van der Waals surface area contributed by atoms with Gasteiger partial charge in [-0.3, -0.25) is 14.4 Å². The highest BCUT2D eigenvalue weighted by Crippen LogP contribution is 2.24. The number of carbonyl (C=O) groups is 3. The van der Waals surface area contributed by atoms with Gasteiger partial charge < -0.3 is 10.2 Å². The summed E-state index contributed by atoms with van der Waals surface area (Å²) in [6.07, 6.45) is 0. The molecule has 5 heteroatoms. The van der Waals surface area contributed by atoms with E-state index < -0.39 is 0 Å². The van der Waals surface area contributed by atoms with Gasteiger partial charge in [0.2, 0.25) is 0 Å². The Morgan fingerprint density at radius 1 is 1.12 bits per heavy atom. The summed E-state index contributed by atoms with van der Waals surface area (Å²) in [5.74, 6) is -0.481. The van der Waals surface area contributed by atoms with Crippen molar-refractivity contribution in [1.29, 1.82) is 0 Å². The third-order valence-corrected chi connectivity index (χ3v) is 4.17. The summed E-state index contributed by atoms with van der Waals surface area (Å²) in [6, 6.07) is 12.2. The number of nitrogens with zero attached hydrogens (tertiary/aromatic N) is 1. The molecule has 5 nitrogen and oxygen atoms in total. The molecule has 0 radical (unpaired) electrons. The minimum absolute atomic E-state index is 0.0738. The van der Waals surface area contributed by atoms with E-state index in [1.807, 2.05) is 6.92 Å². The van der Waals surface area contributed by atoms with Gasteiger partial charge in [-0.1, -0.05) is 18.2 Å². The van der Waals surface area contributed by atoms with E-state index >= 15 is 0 Å². The molecule has 0 saturated heterocycles. The van der Waals surface area contributed by atoms with Crippen molar-refractivity contribution in [3.63, 3.8) is 0 Å². The first-order chi connectivity index (χ1) is 11.5. The Hall–Kier alpha value is -2.95. The number of fused-ring (bicyclic) bond motifs is 1. The standard InChI is InChI=1S/C19H18N2O3/c1-12-7-8-14(11-16(12)13(2)22)19(24)21-10-9-20-18(23)15-5-3-4-6-17(15)21/h3-8,11H,9-10H2,1-2H3,(H,20,23). The van der Waals surface area contributed by atoms with Crippen molar-refractivity contribution in [2.24, 2.45) is 0 Å². The number of carbonyl (C=O) groups excluding carboxylic acids is 3. The summed E-state index contributed by atoms with van der Waals surface area (Å²) >= 11 is 0. The van der Waals surface area contributed by atoms with Gasteiger partial charge in [0.1, 0.15) is 0 Å². The predicted molar refractivity (Wildman–Crippen MR) is 91.6 cm³/mol. The van der Waals surface area contributed by atoms with Gasteiger partial charge in [-0.2, -0.15) is 0 Å². The Balaban J connectivity index is 2.04. The number of para-hydroxylation sites is 1. The Labute approximate surface area is 140 Å². The number of ketones is 1. The first-order valence-electron chi connectivity index (χ1n) is 7.79. The Kier molecular flexibility index (Phi) is 4.16. The number of Topliss-reactive ketones (excluding diaryl/α,β-unsaturated/α-hetero) is 1. The highest BCUT2D eigenvalue weighted by atomic mass is 16.2. The van der Waals surface area contributed by atoms with Gasteiger partial charge in [0.15, 0.2) is 5.78 Å². The molecule has 2 aromatic rings. The number of nitrogens with one attached hydrogen (secondary N) is 1. The summed E-state index contributed by atoms with van der Waals surface area (Å²) < 4.78 is 0. The molecule has 0 saturated carbocycles. The van der Waals surface area contributed by atoms with Crippen LogP contribution in [0.15, 0.2) is 42.5 Å². The molecule has 2 aromatic carbocycles. The lowest BCUT2D eigenvalue weighted by Crippen LogP contribution is -2.35. The minimum Gasteiger partial charge on any atom is -0.350 e. The quantitative estimate of drug-likeness (QED) is 0.864. The molecule has 0 fully saturated rings. The normalized spacial score (nSPS) is 13.8. The number of aryl methyl sites for hydroxylation is 1. The lowest BCUT2D eigenvalue weighted by molar-refractivity contribution is 0.0952. The van der Waals surface area contributed by atoms with Crippen LogP contribution in [0.25, 0.3) is 0 Å². The van der Waals surface area contributed by atoms with Crippen LogP contribution in [0.4, 0.5) is 5.69 Å². The second kappa shape index (κ2) is 6.28. The van der Waals surface area contributed by atoms with E-state index in [1.165, 1.54) is 6.92 Å². The Bertz CT molecular complexity index is 842. The number of amides is 2. The molecule has 0 bridgehead atoms. The summed E-state index contributed by atoms with van der Waals surface area (Å²) in [6.45, 7) is 4.09. The highest BCUT2D eigenvalue weighted by molar-refractivity contribution is 6.12. The number of benzene rings is 2. The molecule has 0 atom stereocenters. The molecule has 1 heterocycles. The van der Waals surface area contributed by atoms with Crippen LogP contribution in [0.3, 0.4) is 0 Å². The molecular weight excluding hydrogens is 304 g/mol. The Morgan fingerprint density at radius 2 is 1.88 bits per heavy atom. The van der Waals surface area contributed by atoms with Crippen LogP contribution in [0.1, 0.15) is 43.6 Å². The fourth-order valence-corrected chi connectivity index (χ4v) is 2.90. The maximum atomic E-state index is 13.0. The smallest absolute Gasteiger partial charge is 0.258 e. The molecule has 1 aliphatic rings. The largest absolute Gasteiger partial charge is 0.350 e. The van der Waals surface area contributed by atoms with Gasteiger partial charge in [-0.15, -0.1) is 0 Å². The van der Waals surface area contributed by atoms with Gasteiger partial charge in [-0.05, 0) is 43.7 Å². The predicted octanol–water partition coefficient (Wildman–Crippen LogP) is 2.59. The van der Waals surface area contributed by atoms with Gasteiger partial charge in [0, 0.05) is 24.2 Å². The Morgan fingerprint density at radius 3 is 2.62 bits per heavy atom. The molecule has 24 heavy (non-hydrogen) atoms. The minimum atomic E-state index is -0.221. The van der Waals surface area contributed by atoms with Crippen molar-refractivity contribution in [3.05, 3.63) is 64.7 Å². The van der Waals surface area contributed by atoms with E-state index in [2.05, 4.69) is 5.32 Å². The molecule has 0 aliphatic carbocycles. The second-order valence-corrected chi connectivity index (χ2v) is 5.82. The van der Waals surface area contributed by atoms with E-state index in [-0.39, 0.29) is 17.6 Å². The van der Waals surface area contributed by atoms with Crippen molar-refractivity contribution in [3.8, 4) is 0 Å². The van der Waals surface area contributed by atoms with Crippen molar-refractivity contribution in [2.75, 3.05) is 18.0 Å². The van der Waals surface area contributed by atoms with E-state index in [1.54, 1.807) is 47.4 Å². The average molecular weight is 322 g/mol. The maximum absolute atomic E-state index is 13.0. The third kappa shape index (κ3) is 2.80. The second-order valence-electron chi connectivity index (χ2n) is 5.82. The van der Waals surface area contributed by atoms with Crippen molar-refractivity contribution in [1.82, 2.24) is 5.32 Å². The van der Waals surface area contributed by atoms with Gasteiger partial charge in [0.25, 0.3) is 11.8 Å². The number of hydrogen-bond acceptors (Lipinski definition) is 3. The molecule has 2 amide bonds. The van der Waals surface area contributed by atoms with Crippen LogP contribution >= 0.6 is 0 Å². The molecule has 0 aromatic heterocycles. The number of hydrogen-bond donors (Lipinski definition) is 1. The van der Waals surface area contributed by atoms with Crippen LogP contribution in [0.2, 0.25) is 0 Å². The first-order valence-corrected chi connectivity index (χ1v) is 7.79. The van der Waals surface area contributed by atoms with Gasteiger partial charge in [-0.25, -0.2) is 0 Å². The van der Waals surface area contributed by atoms with E-state index in [4.69, 9.17) is 0 Å². The molecule has 0 unspecified atom stereocenters. The van der Waals surface area contributed by atoms with Crippen LogP contribution in [-0.4, -0.2) is 30.7 Å². The molecule has 122 valence electrons. The van der Waals surface area contributed by atoms with Crippen LogP contribution in [-0.2, 0) is 0 Å². The molecular formula is C19H18N2O3. The average Bonchev–Trinajstić information content (AvgIpc) is 2.74. The van der Waals surface area contributed by atoms with Gasteiger partial charge >= 0.3 is 0 Å². The summed E-state index contributed by atoms with van der Waals surface area (Å²) in [5, 5.41) is 2.79. The molecule has 1 N–H and O–H groups in total. The lowest BCUT2D eigenvalue weighted by Gasteiger charge is -2.22. The van der Waals surface area contributed by atoms with Crippen molar-refractivity contribution in [2.45, 2.75) is 13.8 Å². The van der Waals surface area contributed by atoms with E-state index in [9.17, 15) is 14.4 Å². The monoisotopic (exact) mass is 322 g/mol. The molecule has 3 rings (SSSR count). The SMILES string of the molecule is CC(=O)c1cc(C(=O)N2CCNC(=O)c3ccccc32)ccc1C. The van der Waals surface area contributed by atoms with Crippen molar-refractivity contribution >= 4 is 23.3 Å². The lowest BCUT2D eigenvalue weighted by atomic mass is 10.0. The van der Waals surface area contributed by atoms with E-state index in [0.29, 0.717) is 35.5 Å². The highest BCUT2D eigenvalue weighted by Gasteiger charge is 2.25. The third-order valence-electron chi connectivity index (χ3n) is 4.17. The zero-order valence-corrected chi connectivity index (χ0v) is 13.6. The molecule has 0 spiro atoms. The molecule has 1 aliphatic heterocycles. The van der Waals surface area contributed by atoms with E-state index in [0.717, 1.165) is 5.56 Å². The zero-order valence-electron chi connectivity index (χ0n) is 13.6. The zero-order chi connectivity index (χ0) is 17.3. The van der Waals surface area contributed by atoms with Crippen LogP contribution < -0.4 is 10.2 Å². The fourth-order valence-electron chi connectivity index (χ4n) is 2.90. The topological polar surface area (TPSA) is 66.5 Å².